The van der Waals surface area contributed by atoms with Gasteiger partial charge in [-0.15, -0.1) is 0 Å². The maximum Gasteiger partial charge on any atom is 0.417 e. The number of hydrogen-bond acceptors (Lipinski definition) is 2. The predicted molar refractivity (Wildman–Crippen MR) is 86.5 cm³/mol. The molecule has 3 nitrogen and oxygen atoms in total. The Balaban J connectivity index is 2.11. The van der Waals surface area contributed by atoms with Crippen LogP contribution in [-0.2, 0) is 6.18 Å². The van der Waals surface area contributed by atoms with Crippen molar-refractivity contribution in [2.75, 3.05) is 5.32 Å². The van der Waals surface area contributed by atoms with E-state index in [9.17, 15) is 22.4 Å². The molecular weight excluding hydrogens is 368 g/mol. The molecule has 0 bridgehead atoms. The lowest BCUT2D eigenvalue weighted by Crippen LogP contribution is -2.34. The van der Waals surface area contributed by atoms with E-state index in [0.29, 0.717) is 0 Å². The number of halogens is 5. The summed E-state index contributed by atoms with van der Waals surface area (Å²) in [5.74, 6) is -1.57. The third-order valence-corrected chi connectivity index (χ3v) is 3.41. The number of thiocarbonyl (C=S) groups is 1. The van der Waals surface area contributed by atoms with Gasteiger partial charge in [0.2, 0.25) is 0 Å². The van der Waals surface area contributed by atoms with E-state index >= 15 is 0 Å². The highest BCUT2D eigenvalue weighted by atomic mass is 35.5. The monoisotopic (exact) mass is 376 g/mol. The molecule has 0 spiro atoms. The van der Waals surface area contributed by atoms with Gasteiger partial charge in [-0.3, -0.25) is 10.1 Å². The largest absolute Gasteiger partial charge is 0.417 e. The number of alkyl halides is 3. The van der Waals surface area contributed by atoms with Crippen molar-refractivity contribution in [3.63, 3.8) is 0 Å². The van der Waals surface area contributed by atoms with Gasteiger partial charge in [0.25, 0.3) is 5.91 Å². The zero-order valence-corrected chi connectivity index (χ0v) is 13.3. The molecule has 0 radical (unpaired) electrons. The molecule has 0 fully saturated rings. The lowest BCUT2D eigenvalue weighted by molar-refractivity contribution is -0.137. The van der Waals surface area contributed by atoms with Crippen molar-refractivity contribution < 1.29 is 22.4 Å². The molecule has 0 heterocycles. The van der Waals surface area contributed by atoms with Gasteiger partial charge in [0.1, 0.15) is 5.82 Å². The van der Waals surface area contributed by atoms with E-state index in [1.54, 1.807) is 0 Å². The number of nitrogens with one attached hydrogen (secondary N) is 2. The lowest BCUT2D eigenvalue weighted by atomic mass is 10.2. The highest BCUT2D eigenvalue weighted by molar-refractivity contribution is 7.80. The molecule has 2 rings (SSSR count). The Morgan fingerprint density at radius 2 is 1.79 bits per heavy atom. The first-order valence-corrected chi connectivity index (χ1v) is 7.20. The van der Waals surface area contributed by atoms with E-state index in [4.69, 9.17) is 23.8 Å². The maximum atomic E-state index is 13.5. The first kappa shape index (κ1) is 18.2. The fourth-order valence-corrected chi connectivity index (χ4v) is 2.23. The Morgan fingerprint density at radius 3 is 2.42 bits per heavy atom. The molecule has 2 aromatic carbocycles. The van der Waals surface area contributed by atoms with Crippen LogP contribution in [0.4, 0.5) is 23.2 Å². The molecule has 0 aliphatic rings. The number of anilines is 1. The van der Waals surface area contributed by atoms with E-state index in [-0.39, 0.29) is 16.4 Å². The minimum Gasteiger partial charge on any atom is -0.332 e. The topological polar surface area (TPSA) is 41.1 Å². The van der Waals surface area contributed by atoms with Crippen molar-refractivity contribution in [1.82, 2.24) is 5.32 Å². The van der Waals surface area contributed by atoms with Crippen molar-refractivity contribution in [1.29, 1.82) is 0 Å². The Hall–Kier alpha value is -2.19. The zero-order valence-electron chi connectivity index (χ0n) is 11.7. The average Bonchev–Trinajstić information content (AvgIpc) is 2.48. The molecule has 2 aromatic rings. The molecular formula is C15H9ClF4N2OS. The summed E-state index contributed by atoms with van der Waals surface area (Å²) in [6.07, 6.45) is -4.63. The van der Waals surface area contributed by atoms with Gasteiger partial charge in [-0.1, -0.05) is 23.7 Å². The van der Waals surface area contributed by atoms with E-state index in [1.165, 1.54) is 24.3 Å². The first-order valence-electron chi connectivity index (χ1n) is 6.42. The summed E-state index contributed by atoms with van der Waals surface area (Å²) in [5.41, 5.74) is -1.31. The van der Waals surface area contributed by atoms with E-state index < -0.39 is 28.5 Å². The van der Waals surface area contributed by atoms with E-state index in [1.807, 2.05) is 0 Å². The second-order valence-corrected chi connectivity index (χ2v) is 5.40. The van der Waals surface area contributed by atoms with Gasteiger partial charge in [0.05, 0.1) is 16.1 Å². The van der Waals surface area contributed by atoms with Crippen molar-refractivity contribution in [2.45, 2.75) is 6.18 Å². The average molecular weight is 377 g/mol. The highest BCUT2D eigenvalue weighted by Crippen LogP contribution is 2.36. The second-order valence-electron chi connectivity index (χ2n) is 4.58. The van der Waals surface area contributed by atoms with Crippen LogP contribution in [0.2, 0.25) is 5.02 Å². The molecule has 0 saturated carbocycles. The van der Waals surface area contributed by atoms with Crippen LogP contribution in [-0.4, -0.2) is 11.0 Å². The summed E-state index contributed by atoms with van der Waals surface area (Å²) >= 11 is 10.4. The fraction of sp³-hybridized carbons (Fsp3) is 0.0667. The summed E-state index contributed by atoms with van der Waals surface area (Å²) in [6, 6.07) is 8.28. The number of carbonyl (C=O) groups excluding carboxylic acids is 1. The first-order chi connectivity index (χ1) is 11.2. The van der Waals surface area contributed by atoms with Gasteiger partial charge >= 0.3 is 6.18 Å². The molecule has 1 amide bonds. The summed E-state index contributed by atoms with van der Waals surface area (Å²) in [7, 11) is 0. The van der Waals surface area contributed by atoms with Crippen LogP contribution in [0, 0.1) is 5.82 Å². The molecule has 9 heteroatoms. The molecule has 0 aromatic heterocycles. The summed E-state index contributed by atoms with van der Waals surface area (Å²) < 4.78 is 51.8. The zero-order chi connectivity index (χ0) is 17.9. The predicted octanol–water partition coefficient (Wildman–Crippen LogP) is 4.62. The molecule has 0 unspecified atom stereocenters. The molecule has 2 N–H and O–H groups in total. The molecule has 0 aliphatic carbocycles. The van der Waals surface area contributed by atoms with Crippen LogP contribution < -0.4 is 10.6 Å². The van der Waals surface area contributed by atoms with Crippen LogP contribution in [0.1, 0.15) is 15.9 Å². The van der Waals surface area contributed by atoms with E-state index in [0.717, 1.165) is 18.2 Å². The number of amides is 1. The Labute approximate surface area is 144 Å². The second kappa shape index (κ2) is 7.14. The number of rotatable bonds is 2. The summed E-state index contributed by atoms with van der Waals surface area (Å²) in [4.78, 5) is 11.9. The van der Waals surface area contributed by atoms with Gasteiger partial charge in [-0.05, 0) is 42.5 Å². The molecule has 24 heavy (non-hydrogen) atoms. The molecule has 0 atom stereocenters. The lowest BCUT2D eigenvalue weighted by Gasteiger charge is -2.13. The van der Waals surface area contributed by atoms with Gasteiger partial charge in [-0.2, -0.15) is 13.2 Å². The van der Waals surface area contributed by atoms with Crippen molar-refractivity contribution in [3.8, 4) is 0 Å². The SMILES string of the molecule is O=C(NC(=S)Nc1ccc(Cl)c(C(F)(F)F)c1)c1ccccc1F. The van der Waals surface area contributed by atoms with Crippen molar-refractivity contribution in [3.05, 3.63) is 64.4 Å². The van der Waals surface area contributed by atoms with Gasteiger partial charge in [-0.25, -0.2) is 4.39 Å². The van der Waals surface area contributed by atoms with Crippen LogP contribution in [0.15, 0.2) is 42.5 Å². The molecule has 0 saturated heterocycles. The van der Waals surface area contributed by atoms with Crippen LogP contribution >= 0.6 is 23.8 Å². The Bertz CT molecular complexity index is 795. The van der Waals surface area contributed by atoms with Crippen molar-refractivity contribution in [2.24, 2.45) is 0 Å². The third kappa shape index (κ3) is 4.42. The molecule has 126 valence electrons. The Morgan fingerprint density at radius 1 is 1.12 bits per heavy atom. The van der Waals surface area contributed by atoms with E-state index in [2.05, 4.69) is 10.6 Å². The highest BCUT2D eigenvalue weighted by Gasteiger charge is 2.33. The minimum atomic E-state index is -4.63. The Kier molecular flexibility index (Phi) is 5.40. The van der Waals surface area contributed by atoms with Gasteiger partial charge < -0.3 is 5.32 Å². The molecule has 0 aliphatic heterocycles. The standard InChI is InChI=1S/C15H9ClF4N2OS/c16-11-6-5-8(7-10(11)15(18,19)20)21-14(24)22-13(23)9-3-1-2-4-12(9)17/h1-7H,(H2,21,22,23,24). The van der Waals surface area contributed by atoms with Crippen LogP contribution in [0.5, 0.6) is 0 Å². The smallest absolute Gasteiger partial charge is 0.332 e. The van der Waals surface area contributed by atoms with Crippen LogP contribution in [0.3, 0.4) is 0 Å². The number of hydrogen-bond donors (Lipinski definition) is 2. The number of benzene rings is 2. The van der Waals surface area contributed by atoms with Gasteiger partial charge in [0, 0.05) is 5.69 Å². The summed E-state index contributed by atoms with van der Waals surface area (Å²) in [5, 5.41) is 3.86. The summed E-state index contributed by atoms with van der Waals surface area (Å²) in [6.45, 7) is 0. The van der Waals surface area contributed by atoms with Crippen LogP contribution in [0.25, 0.3) is 0 Å². The quantitative estimate of drug-likeness (QED) is 0.593. The van der Waals surface area contributed by atoms with Crippen molar-refractivity contribution >= 4 is 40.5 Å². The maximum absolute atomic E-state index is 13.5. The fourth-order valence-electron chi connectivity index (χ4n) is 1.80. The normalized spacial score (nSPS) is 11.0. The third-order valence-electron chi connectivity index (χ3n) is 2.88. The minimum absolute atomic E-state index is 0.0226. The number of carbonyl (C=O) groups is 1. The van der Waals surface area contributed by atoms with Gasteiger partial charge in [0.15, 0.2) is 5.11 Å².